The van der Waals surface area contributed by atoms with Crippen LogP contribution in [0.4, 0.5) is 0 Å². The van der Waals surface area contributed by atoms with Gasteiger partial charge in [0.25, 0.3) is 5.91 Å². The molecule has 1 fully saturated rings. The first-order valence-electron chi connectivity index (χ1n) is 10.7. The highest BCUT2D eigenvalue weighted by Crippen LogP contribution is 2.29. The Kier molecular flexibility index (Phi) is 6.84. The van der Waals surface area contributed by atoms with Crippen LogP contribution >= 0.6 is 11.6 Å². The SMILES string of the molecule is COc1ccc(/C=[N+]2\NC(=O)[C@H](NC(=O)c3ccc(C)cc3)[C@@H]2c2ccc(Cl)cc2)cc1OC. The maximum absolute atomic E-state index is 13.0. The van der Waals surface area contributed by atoms with Crippen LogP contribution in [0.25, 0.3) is 0 Å². The zero-order chi connectivity index (χ0) is 24.2. The molecule has 0 saturated carbocycles. The van der Waals surface area contributed by atoms with E-state index in [4.69, 9.17) is 21.1 Å². The van der Waals surface area contributed by atoms with E-state index in [2.05, 4.69) is 10.7 Å². The summed E-state index contributed by atoms with van der Waals surface area (Å²) < 4.78 is 12.4. The van der Waals surface area contributed by atoms with Gasteiger partial charge in [0.05, 0.1) is 14.2 Å². The van der Waals surface area contributed by atoms with E-state index in [-0.39, 0.29) is 11.8 Å². The van der Waals surface area contributed by atoms with Gasteiger partial charge in [0.2, 0.25) is 12.3 Å². The number of methoxy groups -OCH3 is 2. The van der Waals surface area contributed by atoms with Crippen LogP contribution in [0.3, 0.4) is 0 Å². The number of hydrogen-bond acceptors (Lipinski definition) is 4. The summed E-state index contributed by atoms with van der Waals surface area (Å²) in [6.07, 6.45) is 1.79. The van der Waals surface area contributed by atoms with E-state index in [9.17, 15) is 9.59 Å². The molecule has 2 amide bonds. The molecule has 0 radical (unpaired) electrons. The molecule has 8 heteroatoms. The van der Waals surface area contributed by atoms with Crippen LogP contribution in [0.5, 0.6) is 11.5 Å². The van der Waals surface area contributed by atoms with Crippen LogP contribution in [0.2, 0.25) is 5.02 Å². The molecule has 2 N–H and O–H groups in total. The van der Waals surface area contributed by atoms with Crippen molar-refractivity contribution in [2.24, 2.45) is 0 Å². The van der Waals surface area contributed by atoms with E-state index < -0.39 is 12.1 Å². The van der Waals surface area contributed by atoms with E-state index in [0.29, 0.717) is 22.1 Å². The number of benzene rings is 3. The van der Waals surface area contributed by atoms with Crippen molar-refractivity contribution in [2.45, 2.75) is 19.0 Å². The number of ether oxygens (including phenoxy) is 2. The van der Waals surface area contributed by atoms with Crippen LogP contribution in [-0.4, -0.2) is 43.0 Å². The Bertz CT molecular complexity index is 1240. The lowest BCUT2D eigenvalue weighted by Gasteiger charge is -2.15. The number of hydrazone groups is 1. The van der Waals surface area contributed by atoms with Crippen LogP contribution in [0, 0.1) is 6.92 Å². The Morgan fingerprint density at radius 1 is 1.00 bits per heavy atom. The first-order chi connectivity index (χ1) is 16.4. The Balaban J connectivity index is 1.71. The lowest BCUT2D eigenvalue weighted by molar-refractivity contribution is -0.596. The van der Waals surface area contributed by atoms with Gasteiger partial charge in [-0.3, -0.25) is 9.59 Å². The predicted octanol–water partition coefficient (Wildman–Crippen LogP) is 3.68. The molecule has 1 heterocycles. The van der Waals surface area contributed by atoms with E-state index in [0.717, 1.165) is 16.7 Å². The topological polar surface area (TPSA) is 79.7 Å². The highest BCUT2D eigenvalue weighted by Gasteiger charge is 2.47. The second-order valence-corrected chi connectivity index (χ2v) is 8.38. The molecule has 3 aromatic carbocycles. The van der Waals surface area contributed by atoms with Gasteiger partial charge in [0.15, 0.2) is 17.5 Å². The van der Waals surface area contributed by atoms with Crippen molar-refractivity contribution in [3.63, 3.8) is 0 Å². The normalized spacial score (nSPS) is 18.5. The molecule has 3 aromatic rings. The molecule has 7 nitrogen and oxygen atoms in total. The van der Waals surface area contributed by atoms with Crippen LogP contribution in [0.15, 0.2) is 66.7 Å². The number of amides is 2. The fraction of sp³-hybridized carbons (Fsp3) is 0.192. The lowest BCUT2D eigenvalue weighted by Crippen LogP contribution is -2.42. The molecule has 0 spiro atoms. The standard InChI is InChI=1S/C26H24ClN3O4/c1-16-4-7-19(8-5-16)25(31)28-23-24(18-9-11-20(27)12-10-18)30(29-26(23)32)15-17-6-13-21(33-2)22(14-17)34-3/h4-15,23-24H,1-3H3,(H-,28,29,31,32)/p+1/b30-15-/t23-,24+/m1/s1. The van der Waals surface area contributed by atoms with E-state index in [1.807, 2.05) is 43.3 Å². The predicted molar refractivity (Wildman–Crippen MR) is 130 cm³/mol. The largest absolute Gasteiger partial charge is 0.493 e. The number of hydrazine groups is 1. The molecule has 0 aliphatic carbocycles. The maximum Gasteiger partial charge on any atom is 0.304 e. The third-order valence-electron chi connectivity index (χ3n) is 5.64. The van der Waals surface area contributed by atoms with Crippen molar-refractivity contribution >= 4 is 29.6 Å². The summed E-state index contributed by atoms with van der Waals surface area (Å²) >= 11 is 6.09. The van der Waals surface area contributed by atoms with E-state index >= 15 is 0 Å². The van der Waals surface area contributed by atoms with Crippen molar-refractivity contribution in [3.05, 3.63) is 94.0 Å². The summed E-state index contributed by atoms with van der Waals surface area (Å²) in [5, 5.41) is 3.47. The first-order valence-corrected chi connectivity index (χ1v) is 11.1. The molecular formula is C26H25ClN3O4+. The van der Waals surface area contributed by atoms with Crippen molar-refractivity contribution in [1.82, 2.24) is 10.7 Å². The van der Waals surface area contributed by atoms with Crippen LogP contribution in [-0.2, 0) is 4.79 Å². The quantitative estimate of drug-likeness (QED) is 0.530. The lowest BCUT2D eigenvalue weighted by atomic mass is 9.99. The zero-order valence-electron chi connectivity index (χ0n) is 19.0. The fourth-order valence-electron chi connectivity index (χ4n) is 3.86. The van der Waals surface area contributed by atoms with Gasteiger partial charge >= 0.3 is 5.91 Å². The third kappa shape index (κ3) is 4.89. The molecule has 1 saturated heterocycles. The third-order valence-corrected chi connectivity index (χ3v) is 5.90. The number of nitrogens with one attached hydrogen (secondary N) is 2. The fourth-order valence-corrected chi connectivity index (χ4v) is 3.99. The second kappa shape index (κ2) is 9.97. The number of nitrogens with zero attached hydrogens (tertiary/aromatic N) is 1. The smallest absolute Gasteiger partial charge is 0.304 e. The van der Waals surface area contributed by atoms with Gasteiger partial charge in [-0.2, -0.15) is 0 Å². The number of carbonyl (C=O) groups is 2. The average molecular weight is 479 g/mol. The van der Waals surface area contributed by atoms with Crippen molar-refractivity contribution in [2.75, 3.05) is 14.2 Å². The maximum atomic E-state index is 13.0. The molecule has 0 unspecified atom stereocenters. The number of rotatable bonds is 6. The van der Waals surface area contributed by atoms with Gasteiger partial charge in [0.1, 0.15) is 0 Å². The Morgan fingerprint density at radius 2 is 1.68 bits per heavy atom. The minimum Gasteiger partial charge on any atom is -0.493 e. The molecule has 1 aliphatic rings. The van der Waals surface area contributed by atoms with E-state index in [1.54, 1.807) is 55.5 Å². The van der Waals surface area contributed by atoms with Gasteiger partial charge in [-0.15, -0.1) is 10.1 Å². The molecule has 0 bridgehead atoms. The summed E-state index contributed by atoms with van der Waals surface area (Å²) in [4.78, 5) is 25.9. The molecule has 4 rings (SSSR count). The summed E-state index contributed by atoms with van der Waals surface area (Å²) in [6, 6.07) is 18.5. The number of hydrogen-bond donors (Lipinski definition) is 2. The summed E-state index contributed by atoms with van der Waals surface area (Å²) in [7, 11) is 3.13. The summed E-state index contributed by atoms with van der Waals surface area (Å²) in [5.41, 5.74) is 5.99. The minimum absolute atomic E-state index is 0.322. The molecule has 174 valence electrons. The highest BCUT2D eigenvalue weighted by atomic mass is 35.5. The Labute approximate surface area is 202 Å². The highest BCUT2D eigenvalue weighted by molar-refractivity contribution is 6.30. The first kappa shape index (κ1) is 23.3. The Morgan fingerprint density at radius 3 is 2.32 bits per heavy atom. The van der Waals surface area contributed by atoms with Gasteiger partial charge < -0.3 is 14.8 Å². The van der Waals surface area contributed by atoms with Gasteiger partial charge in [-0.1, -0.05) is 41.4 Å². The van der Waals surface area contributed by atoms with Gasteiger partial charge in [-0.25, -0.2) is 0 Å². The number of halogens is 1. The molecule has 1 aliphatic heterocycles. The summed E-state index contributed by atoms with van der Waals surface area (Å²) in [5.74, 6) is 0.515. The minimum atomic E-state index is -0.827. The average Bonchev–Trinajstić information content (AvgIpc) is 3.14. The second-order valence-electron chi connectivity index (χ2n) is 7.94. The van der Waals surface area contributed by atoms with E-state index in [1.165, 1.54) is 0 Å². The van der Waals surface area contributed by atoms with Crippen molar-refractivity contribution in [1.29, 1.82) is 0 Å². The van der Waals surface area contributed by atoms with Gasteiger partial charge in [-0.05, 0) is 49.4 Å². The van der Waals surface area contributed by atoms with Crippen molar-refractivity contribution in [3.8, 4) is 11.5 Å². The number of aryl methyl sites for hydroxylation is 1. The van der Waals surface area contributed by atoms with Gasteiger partial charge in [0, 0.05) is 21.7 Å². The molecular weight excluding hydrogens is 454 g/mol. The monoisotopic (exact) mass is 478 g/mol. The van der Waals surface area contributed by atoms with Crippen molar-refractivity contribution < 1.29 is 23.7 Å². The molecule has 2 atom stereocenters. The summed E-state index contributed by atoms with van der Waals surface area (Å²) in [6.45, 7) is 1.95. The Hall–Kier alpha value is -3.84. The zero-order valence-corrected chi connectivity index (χ0v) is 19.8. The molecule has 34 heavy (non-hydrogen) atoms. The molecule has 0 aromatic heterocycles. The number of carbonyl (C=O) groups excluding carboxylic acids is 2. The van der Waals surface area contributed by atoms with Crippen LogP contribution in [0.1, 0.15) is 33.1 Å². The van der Waals surface area contributed by atoms with Crippen LogP contribution < -0.4 is 20.2 Å².